The van der Waals surface area contributed by atoms with E-state index in [1.165, 1.54) is 6.07 Å². The summed E-state index contributed by atoms with van der Waals surface area (Å²) in [6.07, 6.45) is 1.68. The number of rotatable bonds is 1. The average Bonchev–Trinajstić information content (AvgIpc) is 2.30. The summed E-state index contributed by atoms with van der Waals surface area (Å²) in [6.45, 7) is 8.69. The maximum Gasteiger partial charge on any atom is 0.222 e. The molecule has 0 radical (unpaired) electrons. The second-order valence-electron chi connectivity index (χ2n) is 3.45. The third-order valence-electron chi connectivity index (χ3n) is 2.36. The molecule has 0 fully saturated rings. The molecule has 0 aliphatic heterocycles. The van der Waals surface area contributed by atoms with Crippen LogP contribution in [-0.2, 0) is 0 Å². The normalized spacial score (nSPS) is 9.81. The van der Waals surface area contributed by atoms with E-state index in [-0.39, 0.29) is 5.69 Å². The third kappa shape index (κ3) is 1.78. The summed E-state index contributed by atoms with van der Waals surface area (Å²) in [6, 6.07) is 8.44. The van der Waals surface area contributed by atoms with Crippen LogP contribution < -0.4 is 0 Å². The minimum atomic E-state index is -0.479. The fraction of sp³-hybridized carbons (Fsp3) is 0.0769. The van der Waals surface area contributed by atoms with Gasteiger partial charge in [0.15, 0.2) is 0 Å². The first-order chi connectivity index (χ1) is 7.72. The van der Waals surface area contributed by atoms with E-state index in [9.17, 15) is 4.39 Å². The molecule has 0 bridgehead atoms. The van der Waals surface area contributed by atoms with Gasteiger partial charge in [-0.15, -0.1) is 0 Å². The van der Waals surface area contributed by atoms with Gasteiger partial charge >= 0.3 is 0 Å². The summed E-state index contributed by atoms with van der Waals surface area (Å²) in [5, 5.41) is 0. The molecule has 0 saturated carbocycles. The third-order valence-corrected chi connectivity index (χ3v) is 2.36. The molecule has 0 atom stereocenters. The Morgan fingerprint density at radius 2 is 2.12 bits per heavy atom. The predicted molar refractivity (Wildman–Crippen MR) is 60.6 cm³/mol. The highest BCUT2D eigenvalue weighted by Gasteiger charge is 2.09. The highest BCUT2D eigenvalue weighted by Crippen LogP contribution is 2.28. The van der Waals surface area contributed by atoms with Crippen molar-refractivity contribution >= 4 is 5.69 Å². The van der Waals surface area contributed by atoms with Crippen molar-refractivity contribution in [3.05, 3.63) is 59.3 Å². The van der Waals surface area contributed by atoms with Crippen molar-refractivity contribution in [2.45, 2.75) is 6.92 Å². The summed E-state index contributed by atoms with van der Waals surface area (Å²) in [4.78, 5) is 7.33. The Balaban J connectivity index is 2.63. The van der Waals surface area contributed by atoms with Gasteiger partial charge < -0.3 is 0 Å². The molecule has 0 unspecified atom stereocenters. The van der Waals surface area contributed by atoms with Crippen LogP contribution in [0.4, 0.5) is 10.1 Å². The highest BCUT2D eigenvalue weighted by atomic mass is 19.1. The number of aryl methyl sites for hydroxylation is 1. The topological polar surface area (TPSA) is 17.2 Å². The number of benzene rings is 1. The van der Waals surface area contributed by atoms with Crippen molar-refractivity contribution in [2.75, 3.05) is 0 Å². The largest absolute Gasteiger partial charge is 0.256 e. The van der Waals surface area contributed by atoms with E-state index in [0.29, 0.717) is 0 Å². The van der Waals surface area contributed by atoms with Crippen LogP contribution >= 0.6 is 0 Å². The van der Waals surface area contributed by atoms with Gasteiger partial charge in [-0.2, -0.15) is 0 Å². The number of hydrogen-bond acceptors (Lipinski definition) is 1. The first kappa shape index (κ1) is 10.3. The monoisotopic (exact) mass is 212 g/mol. The summed E-state index contributed by atoms with van der Waals surface area (Å²) in [5.74, 6) is -0.479. The molecule has 0 aliphatic carbocycles. The minimum Gasteiger partial charge on any atom is -0.256 e. The summed E-state index contributed by atoms with van der Waals surface area (Å²) in [5.41, 5.74) is 2.37. The maximum absolute atomic E-state index is 13.3. The van der Waals surface area contributed by atoms with E-state index in [1.54, 1.807) is 19.2 Å². The number of pyridine rings is 1. The molecule has 78 valence electrons. The zero-order chi connectivity index (χ0) is 11.5. The number of aromatic nitrogens is 1. The summed E-state index contributed by atoms with van der Waals surface area (Å²) >= 11 is 0. The second-order valence-corrected chi connectivity index (χ2v) is 3.45. The van der Waals surface area contributed by atoms with Crippen molar-refractivity contribution in [3.8, 4) is 11.3 Å². The smallest absolute Gasteiger partial charge is 0.222 e. The van der Waals surface area contributed by atoms with E-state index in [4.69, 9.17) is 6.57 Å². The molecule has 2 aromatic rings. The first-order valence-electron chi connectivity index (χ1n) is 4.81. The van der Waals surface area contributed by atoms with Crippen molar-refractivity contribution in [2.24, 2.45) is 0 Å². The van der Waals surface area contributed by atoms with E-state index < -0.39 is 5.82 Å². The minimum absolute atomic E-state index is 0.0336. The molecule has 0 saturated heterocycles. The van der Waals surface area contributed by atoms with Crippen LogP contribution in [0.15, 0.2) is 36.5 Å². The van der Waals surface area contributed by atoms with Gasteiger partial charge in [-0.1, -0.05) is 6.07 Å². The quantitative estimate of drug-likeness (QED) is 0.658. The number of hydrogen-bond donors (Lipinski definition) is 0. The van der Waals surface area contributed by atoms with Crippen LogP contribution in [0.2, 0.25) is 0 Å². The standard InChI is InChI=1S/C13H9FN2/c1-9-7-11(14)13(15-2)8-10(9)12-5-3-4-6-16-12/h3-8H,1H3. The Morgan fingerprint density at radius 1 is 1.31 bits per heavy atom. The van der Waals surface area contributed by atoms with Crippen LogP contribution in [0.5, 0.6) is 0 Å². The van der Waals surface area contributed by atoms with Gasteiger partial charge in [-0.25, -0.2) is 9.24 Å². The van der Waals surface area contributed by atoms with Gasteiger partial charge in [0.05, 0.1) is 12.3 Å². The molecular weight excluding hydrogens is 203 g/mol. The Hall–Kier alpha value is -2.21. The zero-order valence-corrected chi connectivity index (χ0v) is 8.74. The molecule has 2 rings (SSSR count). The SMILES string of the molecule is [C-]#[N+]c1cc(-c2ccccn2)c(C)cc1F. The lowest BCUT2D eigenvalue weighted by molar-refractivity contribution is 0.632. The van der Waals surface area contributed by atoms with Crippen molar-refractivity contribution < 1.29 is 4.39 Å². The zero-order valence-electron chi connectivity index (χ0n) is 8.74. The van der Waals surface area contributed by atoms with Crippen LogP contribution in [0, 0.1) is 19.3 Å². The molecule has 16 heavy (non-hydrogen) atoms. The molecule has 3 heteroatoms. The number of halogens is 1. The Labute approximate surface area is 93.2 Å². The number of nitrogens with zero attached hydrogens (tertiary/aromatic N) is 2. The predicted octanol–water partition coefficient (Wildman–Crippen LogP) is 3.75. The first-order valence-corrected chi connectivity index (χ1v) is 4.81. The molecule has 1 heterocycles. The van der Waals surface area contributed by atoms with Gasteiger partial charge in [0.2, 0.25) is 5.69 Å². The van der Waals surface area contributed by atoms with Gasteiger partial charge in [0.25, 0.3) is 0 Å². The summed E-state index contributed by atoms with van der Waals surface area (Å²) < 4.78 is 13.3. The van der Waals surface area contributed by atoms with Crippen LogP contribution in [0.1, 0.15) is 5.56 Å². The lowest BCUT2D eigenvalue weighted by Crippen LogP contribution is -1.88. The second kappa shape index (κ2) is 4.11. The van der Waals surface area contributed by atoms with Gasteiger partial charge in [0, 0.05) is 6.20 Å². The van der Waals surface area contributed by atoms with Gasteiger partial charge in [-0.05, 0) is 42.3 Å². The van der Waals surface area contributed by atoms with Crippen LogP contribution in [-0.4, -0.2) is 4.98 Å². The fourth-order valence-corrected chi connectivity index (χ4v) is 1.54. The molecule has 1 aromatic carbocycles. The van der Waals surface area contributed by atoms with Crippen molar-refractivity contribution in [1.82, 2.24) is 4.98 Å². The van der Waals surface area contributed by atoms with Gasteiger partial charge in [0.1, 0.15) is 5.82 Å². The van der Waals surface area contributed by atoms with Crippen LogP contribution in [0.3, 0.4) is 0 Å². The highest BCUT2D eigenvalue weighted by molar-refractivity contribution is 5.69. The molecule has 1 aromatic heterocycles. The Morgan fingerprint density at radius 3 is 2.75 bits per heavy atom. The van der Waals surface area contributed by atoms with E-state index in [1.807, 2.05) is 18.2 Å². The fourth-order valence-electron chi connectivity index (χ4n) is 1.54. The summed E-state index contributed by atoms with van der Waals surface area (Å²) in [7, 11) is 0. The molecule has 0 aliphatic rings. The molecule has 0 amide bonds. The lowest BCUT2D eigenvalue weighted by atomic mass is 10.0. The average molecular weight is 212 g/mol. The van der Waals surface area contributed by atoms with E-state index in [2.05, 4.69) is 9.83 Å². The Kier molecular flexibility index (Phi) is 2.65. The maximum atomic E-state index is 13.3. The molecule has 0 N–H and O–H groups in total. The van der Waals surface area contributed by atoms with Crippen LogP contribution in [0.25, 0.3) is 16.1 Å². The van der Waals surface area contributed by atoms with Crippen molar-refractivity contribution in [1.29, 1.82) is 0 Å². The Bertz CT molecular complexity index is 556. The molecule has 2 nitrogen and oxygen atoms in total. The van der Waals surface area contributed by atoms with Crippen molar-refractivity contribution in [3.63, 3.8) is 0 Å². The lowest BCUT2D eigenvalue weighted by Gasteiger charge is -2.06. The van der Waals surface area contributed by atoms with E-state index >= 15 is 0 Å². The molecule has 0 spiro atoms. The molecular formula is C13H9FN2. The van der Waals surface area contributed by atoms with E-state index in [0.717, 1.165) is 16.8 Å². The van der Waals surface area contributed by atoms with Gasteiger partial charge in [-0.3, -0.25) is 4.98 Å².